The Kier molecular flexibility index (Phi) is 7.73. The Morgan fingerprint density at radius 1 is 1.22 bits per heavy atom. The average Bonchev–Trinajstić information content (AvgIpc) is 2.61. The van der Waals surface area contributed by atoms with Crippen molar-refractivity contribution in [2.24, 2.45) is 4.99 Å². The molecule has 0 fully saturated rings. The van der Waals surface area contributed by atoms with Crippen LogP contribution in [0.1, 0.15) is 22.8 Å². The predicted octanol–water partition coefficient (Wildman–Crippen LogP) is 2.35. The molecule has 1 aliphatic rings. The van der Waals surface area contributed by atoms with Gasteiger partial charge in [-0.05, 0) is 31.2 Å². The number of nitrogens with zero attached hydrogens (tertiary/aromatic N) is 2. The van der Waals surface area contributed by atoms with Gasteiger partial charge in [0.25, 0.3) is 0 Å². The molecule has 1 aromatic carbocycles. The van der Waals surface area contributed by atoms with E-state index in [4.69, 9.17) is 0 Å². The molecule has 0 bridgehead atoms. The number of allylic oxidation sites excluding steroid dienone is 2. The number of rotatable bonds is 3. The maximum Gasteiger partial charge on any atom is 0.337 e. The summed E-state index contributed by atoms with van der Waals surface area (Å²) >= 11 is 0. The molecule has 0 aromatic heterocycles. The third kappa shape index (κ3) is 5.05. The van der Waals surface area contributed by atoms with Crippen LogP contribution in [-0.2, 0) is 9.47 Å². The van der Waals surface area contributed by atoms with Gasteiger partial charge < -0.3 is 9.47 Å². The quantitative estimate of drug-likeness (QED) is 0.867. The van der Waals surface area contributed by atoms with Gasteiger partial charge in [0.05, 0.1) is 18.4 Å². The SMILES string of the molecule is C/C=C1/N=C(c2ccc(C(=O)OC)cc2)C=CN1NC.COC. The molecule has 0 saturated heterocycles. The van der Waals surface area contributed by atoms with Crippen molar-refractivity contribution < 1.29 is 14.3 Å². The zero-order valence-corrected chi connectivity index (χ0v) is 14.2. The molecule has 1 N–H and O–H groups in total. The van der Waals surface area contributed by atoms with Gasteiger partial charge >= 0.3 is 5.97 Å². The molecule has 23 heavy (non-hydrogen) atoms. The number of methoxy groups -OCH3 is 2. The van der Waals surface area contributed by atoms with Crippen LogP contribution in [-0.4, -0.2) is 45.1 Å². The van der Waals surface area contributed by atoms with Gasteiger partial charge in [-0.15, -0.1) is 0 Å². The van der Waals surface area contributed by atoms with Crippen LogP contribution in [0.15, 0.2) is 53.4 Å². The molecule has 2 rings (SSSR count). The van der Waals surface area contributed by atoms with Crippen LogP contribution in [0, 0.1) is 0 Å². The van der Waals surface area contributed by atoms with Gasteiger partial charge in [-0.3, -0.25) is 5.01 Å². The highest BCUT2D eigenvalue weighted by molar-refractivity contribution is 6.10. The second kappa shape index (κ2) is 9.55. The second-order valence-corrected chi connectivity index (χ2v) is 4.53. The minimum atomic E-state index is -0.340. The van der Waals surface area contributed by atoms with Crippen LogP contribution < -0.4 is 5.43 Å². The minimum absolute atomic E-state index is 0.340. The first-order valence-corrected chi connectivity index (χ1v) is 7.10. The van der Waals surface area contributed by atoms with Crippen LogP contribution in [0.2, 0.25) is 0 Å². The topological polar surface area (TPSA) is 63.2 Å². The Balaban J connectivity index is 0.000000816. The van der Waals surface area contributed by atoms with E-state index in [1.807, 2.05) is 49.5 Å². The molecule has 1 aromatic rings. The fourth-order valence-corrected chi connectivity index (χ4v) is 1.88. The van der Waals surface area contributed by atoms with Gasteiger partial charge in [0.2, 0.25) is 0 Å². The molecule has 6 heteroatoms. The van der Waals surface area contributed by atoms with E-state index in [0.29, 0.717) is 5.56 Å². The summed E-state index contributed by atoms with van der Waals surface area (Å²) in [6.45, 7) is 1.93. The van der Waals surface area contributed by atoms with Crippen molar-refractivity contribution in [2.45, 2.75) is 6.92 Å². The van der Waals surface area contributed by atoms with Crippen molar-refractivity contribution in [3.63, 3.8) is 0 Å². The number of carbonyl (C=O) groups excluding carboxylic acids is 1. The summed E-state index contributed by atoms with van der Waals surface area (Å²) in [5.41, 5.74) is 5.34. The van der Waals surface area contributed by atoms with Crippen molar-refractivity contribution in [2.75, 3.05) is 28.4 Å². The lowest BCUT2D eigenvalue weighted by atomic mass is 10.1. The van der Waals surface area contributed by atoms with Crippen molar-refractivity contribution >= 4 is 11.7 Å². The summed E-state index contributed by atoms with van der Waals surface area (Å²) in [5.74, 6) is 0.482. The molecule has 0 aliphatic carbocycles. The number of hydrogen-bond donors (Lipinski definition) is 1. The highest BCUT2D eigenvalue weighted by Gasteiger charge is 2.12. The van der Waals surface area contributed by atoms with Crippen LogP contribution >= 0.6 is 0 Å². The van der Waals surface area contributed by atoms with E-state index >= 15 is 0 Å². The van der Waals surface area contributed by atoms with Gasteiger partial charge in [-0.25, -0.2) is 15.2 Å². The average molecular weight is 317 g/mol. The molecule has 1 aliphatic heterocycles. The monoisotopic (exact) mass is 317 g/mol. The summed E-state index contributed by atoms with van der Waals surface area (Å²) < 4.78 is 8.93. The van der Waals surface area contributed by atoms with Crippen molar-refractivity contribution in [3.05, 3.63) is 59.6 Å². The molecule has 0 radical (unpaired) electrons. The Bertz CT molecular complexity index is 604. The van der Waals surface area contributed by atoms with Crippen molar-refractivity contribution in [1.29, 1.82) is 0 Å². The number of nitrogens with one attached hydrogen (secondary N) is 1. The number of hydrazine groups is 1. The Morgan fingerprint density at radius 3 is 2.30 bits per heavy atom. The van der Waals surface area contributed by atoms with Gasteiger partial charge in [-0.2, -0.15) is 0 Å². The molecule has 0 unspecified atom stereocenters. The molecule has 6 nitrogen and oxygen atoms in total. The number of carbonyl (C=O) groups is 1. The maximum atomic E-state index is 11.4. The number of hydrogen-bond acceptors (Lipinski definition) is 6. The standard InChI is InChI=1S/C15H17N3O2.C2H6O/c1-4-14-17-13(9-10-18(14)16-2)11-5-7-12(8-6-11)15(19)20-3;1-3-2/h4-10,16H,1-3H3;1-2H3/b14-4-;. The summed E-state index contributed by atoms with van der Waals surface area (Å²) in [6.07, 6.45) is 5.74. The fourth-order valence-electron chi connectivity index (χ4n) is 1.88. The smallest absolute Gasteiger partial charge is 0.337 e. The normalized spacial score (nSPS) is 14.9. The van der Waals surface area contributed by atoms with E-state index in [-0.39, 0.29) is 5.97 Å². The highest BCUT2D eigenvalue weighted by atomic mass is 16.5. The van der Waals surface area contributed by atoms with Gasteiger partial charge in [0, 0.05) is 33.0 Å². The Morgan fingerprint density at radius 2 is 1.83 bits per heavy atom. The lowest BCUT2D eigenvalue weighted by Crippen LogP contribution is -2.31. The van der Waals surface area contributed by atoms with Crippen LogP contribution in [0.25, 0.3) is 0 Å². The molecule has 0 spiro atoms. The second-order valence-electron chi connectivity index (χ2n) is 4.53. The van der Waals surface area contributed by atoms with Crippen LogP contribution in [0.4, 0.5) is 0 Å². The summed E-state index contributed by atoms with van der Waals surface area (Å²) in [5, 5.41) is 1.83. The number of benzene rings is 1. The first-order chi connectivity index (χ1) is 11.1. The zero-order valence-electron chi connectivity index (χ0n) is 14.2. The number of ether oxygens (including phenoxy) is 2. The van der Waals surface area contributed by atoms with E-state index in [0.717, 1.165) is 17.1 Å². The molecule has 0 saturated carbocycles. The first-order valence-electron chi connectivity index (χ1n) is 7.10. The first kappa shape index (κ1) is 18.6. The van der Waals surface area contributed by atoms with E-state index in [9.17, 15) is 4.79 Å². The molecule has 0 amide bonds. The predicted molar refractivity (Wildman–Crippen MR) is 91.0 cm³/mol. The van der Waals surface area contributed by atoms with Gasteiger partial charge in [0.15, 0.2) is 0 Å². The van der Waals surface area contributed by atoms with Gasteiger partial charge in [0.1, 0.15) is 5.82 Å². The molecular formula is C17H23N3O3. The number of aliphatic imine (C=N–C) groups is 1. The van der Waals surface area contributed by atoms with E-state index in [1.54, 1.807) is 26.4 Å². The highest BCUT2D eigenvalue weighted by Crippen LogP contribution is 2.15. The largest absolute Gasteiger partial charge is 0.465 e. The molecule has 1 heterocycles. The summed E-state index contributed by atoms with van der Waals surface area (Å²) in [4.78, 5) is 15.9. The van der Waals surface area contributed by atoms with E-state index < -0.39 is 0 Å². The lowest BCUT2D eigenvalue weighted by molar-refractivity contribution is 0.0600. The summed E-state index contributed by atoms with van der Waals surface area (Å²) in [7, 11) is 6.45. The molecule has 124 valence electrons. The molecular weight excluding hydrogens is 294 g/mol. The van der Waals surface area contributed by atoms with Gasteiger partial charge in [-0.1, -0.05) is 12.1 Å². The Labute approximate surface area is 137 Å². The lowest BCUT2D eigenvalue weighted by Gasteiger charge is -2.23. The van der Waals surface area contributed by atoms with Crippen LogP contribution in [0.3, 0.4) is 0 Å². The summed E-state index contributed by atoms with van der Waals surface area (Å²) in [6, 6.07) is 7.18. The zero-order chi connectivity index (χ0) is 17.2. The number of esters is 1. The van der Waals surface area contributed by atoms with Crippen molar-refractivity contribution in [1.82, 2.24) is 10.4 Å². The van der Waals surface area contributed by atoms with Crippen LogP contribution in [0.5, 0.6) is 0 Å². The van der Waals surface area contributed by atoms with Crippen molar-refractivity contribution in [3.8, 4) is 0 Å². The third-order valence-corrected chi connectivity index (χ3v) is 2.96. The molecule has 0 atom stereocenters. The third-order valence-electron chi connectivity index (χ3n) is 2.96. The minimum Gasteiger partial charge on any atom is -0.465 e. The fraction of sp³-hybridized carbons (Fsp3) is 0.294. The maximum absolute atomic E-state index is 11.4. The Hall–Kier alpha value is -2.44. The van der Waals surface area contributed by atoms with E-state index in [2.05, 4.69) is 19.9 Å². The van der Waals surface area contributed by atoms with E-state index in [1.165, 1.54) is 7.11 Å².